The van der Waals surface area contributed by atoms with E-state index in [4.69, 9.17) is 11.6 Å². The predicted molar refractivity (Wildman–Crippen MR) is 91.9 cm³/mol. The third kappa shape index (κ3) is 5.69. The van der Waals surface area contributed by atoms with Gasteiger partial charge in [0.25, 0.3) is 0 Å². The smallest absolute Gasteiger partial charge is 0.235 e. The summed E-state index contributed by atoms with van der Waals surface area (Å²) in [5.74, 6) is -1.26. The van der Waals surface area contributed by atoms with Gasteiger partial charge in [-0.05, 0) is 30.2 Å². The fourth-order valence-corrected chi connectivity index (χ4v) is 3.72. The minimum absolute atomic E-state index is 0.208. The van der Waals surface area contributed by atoms with E-state index in [1.165, 1.54) is 0 Å². The molecule has 0 saturated carbocycles. The summed E-state index contributed by atoms with van der Waals surface area (Å²) in [6.07, 6.45) is 0. The van der Waals surface area contributed by atoms with Crippen LogP contribution >= 0.6 is 11.6 Å². The second-order valence-electron chi connectivity index (χ2n) is 5.36. The molecule has 2 aromatic carbocycles. The zero-order valence-electron chi connectivity index (χ0n) is 12.7. The molecule has 0 heterocycles. The van der Waals surface area contributed by atoms with E-state index < -0.39 is 21.5 Å². The molecule has 0 aromatic heterocycles. The average Bonchev–Trinajstić information content (AvgIpc) is 2.46. The summed E-state index contributed by atoms with van der Waals surface area (Å²) in [5.41, 5.74) is 1.49. The second-order valence-corrected chi connectivity index (χ2v) is 7.86. The summed E-state index contributed by atoms with van der Waals surface area (Å²) in [6, 6.07) is 15.8. The first-order valence-corrected chi connectivity index (χ1v) is 9.35. The van der Waals surface area contributed by atoms with Crippen molar-refractivity contribution in [2.45, 2.75) is 18.7 Å². The Labute approximate surface area is 141 Å². The van der Waals surface area contributed by atoms with Crippen molar-refractivity contribution in [1.82, 2.24) is 5.32 Å². The first-order chi connectivity index (χ1) is 10.9. The van der Waals surface area contributed by atoms with Crippen LogP contribution in [0, 0.1) is 0 Å². The summed E-state index contributed by atoms with van der Waals surface area (Å²) in [5, 5.41) is 3.18. The first-order valence-electron chi connectivity index (χ1n) is 7.15. The molecule has 23 heavy (non-hydrogen) atoms. The van der Waals surface area contributed by atoms with Crippen LogP contribution in [-0.2, 0) is 20.4 Å². The molecule has 1 unspecified atom stereocenters. The third-order valence-electron chi connectivity index (χ3n) is 3.30. The van der Waals surface area contributed by atoms with Gasteiger partial charge in [0.1, 0.15) is 5.75 Å². The molecule has 0 aliphatic carbocycles. The van der Waals surface area contributed by atoms with Gasteiger partial charge in [-0.25, -0.2) is 8.42 Å². The van der Waals surface area contributed by atoms with Crippen molar-refractivity contribution in [1.29, 1.82) is 0 Å². The van der Waals surface area contributed by atoms with Crippen molar-refractivity contribution in [2.75, 3.05) is 5.75 Å². The Balaban J connectivity index is 1.96. The molecule has 0 bridgehead atoms. The first kappa shape index (κ1) is 17.5. The lowest BCUT2D eigenvalue weighted by Crippen LogP contribution is -2.32. The minimum atomic E-state index is -3.55. The standard InChI is InChI=1S/C17H18ClNO3S/c1-13(15-7-3-2-4-8-15)19-17(20)12-23(21,22)11-14-6-5-9-16(18)10-14/h2-10,13H,11-12H2,1H3,(H,19,20). The maximum Gasteiger partial charge on any atom is 0.235 e. The second kappa shape index (κ2) is 7.62. The maximum atomic E-state index is 12.1. The van der Waals surface area contributed by atoms with Gasteiger partial charge >= 0.3 is 0 Å². The number of carbonyl (C=O) groups excluding carboxylic acids is 1. The molecule has 1 atom stereocenters. The molecule has 0 radical (unpaired) electrons. The largest absolute Gasteiger partial charge is 0.349 e. The molecule has 4 nitrogen and oxygen atoms in total. The van der Waals surface area contributed by atoms with Gasteiger partial charge in [-0.1, -0.05) is 54.1 Å². The molecule has 2 aromatic rings. The number of nitrogens with one attached hydrogen (secondary N) is 1. The SMILES string of the molecule is CC(NC(=O)CS(=O)(=O)Cc1cccc(Cl)c1)c1ccccc1. The van der Waals surface area contributed by atoms with Crippen LogP contribution in [0.15, 0.2) is 54.6 Å². The normalized spacial score (nSPS) is 12.6. The Morgan fingerprint density at radius 1 is 1.13 bits per heavy atom. The van der Waals surface area contributed by atoms with E-state index in [1.807, 2.05) is 37.3 Å². The van der Waals surface area contributed by atoms with Crippen molar-refractivity contribution in [3.05, 3.63) is 70.7 Å². The van der Waals surface area contributed by atoms with E-state index in [9.17, 15) is 13.2 Å². The molecule has 6 heteroatoms. The van der Waals surface area contributed by atoms with Crippen molar-refractivity contribution < 1.29 is 13.2 Å². The van der Waals surface area contributed by atoms with E-state index in [2.05, 4.69) is 5.32 Å². The van der Waals surface area contributed by atoms with Crippen molar-refractivity contribution in [2.24, 2.45) is 0 Å². The summed E-state index contributed by atoms with van der Waals surface area (Å²) in [7, 11) is -3.55. The highest BCUT2D eigenvalue weighted by molar-refractivity contribution is 7.91. The van der Waals surface area contributed by atoms with E-state index in [-0.39, 0.29) is 11.8 Å². The highest BCUT2D eigenvalue weighted by Crippen LogP contribution is 2.14. The summed E-state index contributed by atoms with van der Waals surface area (Å²) in [6.45, 7) is 1.82. The number of carbonyl (C=O) groups is 1. The highest BCUT2D eigenvalue weighted by Gasteiger charge is 2.19. The fourth-order valence-electron chi connectivity index (χ4n) is 2.24. The predicted octanol–water partition coefficient (Wildman–Crippen LogP) is 3.13. The molecule has 0 saturated heterocycles. The van der Waals surface area contributed by atoms with Crippen molar-refractivity contribution in [3.63, 3.8) is 0 Å². The minimum Gasteiger partial charge on any atom is -0.349 e. The fraction of sp³-hybridized carbons (Fsp3) is 0.235. The van der Waals surface area contributed by atoms with E-state index in [1.54, 1.807) is 24.3 Å². The van der Waals surface area contributed by atoms with Crippen LogP contribution in [0.2, 0.25) is 5.02 Å². The third-order valence-corrected chi connectivity index (χ3v) is 5.01. The van der Waals surface area contributed by atoms with Crippen LogP contribution in [0.3, 0.4) is 0 Å². The molecule has 0 spiro atoms. The molecule has 2 rings (SSSR count). The lowest BCUT2D eigenvalue weighted by Gasteiger charge is -2.14. The van der Waals surface area contributed by atoms with Crippen LogP contribution < -0.4 is 5.32 Å². The maximum absolute atomic E-state index is 12.1. The molecule has 0 aliphatic heterocycles. The summed E-state index contributed by atoms with van der Waals surface area (Å²) < 4.78 is 24.3. The van der Waals surface area contributed by atoms with Crippen molar-refractivity contribution >= 4 is 27.3 Å². The molecular formula is C17H18ClNO3S. The number of benzene rings is 2. The lowest BCUT2D eigenvalue weighted by molar-refractivity contribution is -0.119. The molecule has 0 fully saturated rings. The monoisotopic (exact) mass is 351 g/mol. The average molecular weight is 352 g/mol. The Morgan fingerprint density at radius 3 is 2.48 bits per heavy atom. The van der Waals surface area contributed by atoms with Crippen LogP contribution in [0.5, 0.6) is 0 Å². The Bertz CT molecular complexity index is 775. The van der Waals surface area contributed by atoms with Gasteiger partial charge in [0.05, 0.1) is 11.8 Å². The van der Waals surface area contributed by atoms with E-state index in [0.29, 0.717) is 10.6 Å². The van der Waals surface area contributed by atoms with Crippen LogP contribution in [0.1, 0.15) is 24.1 Å². The van der Waals surface area contributed by atoms with Crippen LogP contribution in [0.25, 0.3) is 0 Å². The molecule has 0 aliphatic rings. The van der Waals surface area contributed by atoms with Gasteiger partial charge in [-0.15, -0.1) is 0 Å². The number of halogens is 1. The van der Waals surface area contributed by atoms with Crippen LogP contribution in [0.4, 0.5) is 0 Å². The quantitative estimate of drug-likeness (QED) is 0.869. The Kier molecular flexibility index (Phi) is 5.80. The lowest BCUT2D eigenvalue weighted by atomic mass is 10.1. The number of hydrogen-bond donors (Lipinski definition) is 1. The number of amides is 1. The van der Waals surface area contributed by atoms with Gasteiger partial charge in [0.2, 0.25) is 5.91 Å². The Morgan fingerprint density at radius 2 is 1.83 bits per heavy atom. The Hall–Kier alpha value is -1.85. The zero-order chi connectivity index (χ0) is 16.9. The van der Waals surface area contributed by atoms with Gasteiger partial charge < -0.3 is 5.32 Å². The van der Waals surface area contributed by atoms with Gasteiger partial charge in [-0.2, -0.15) is 0 Å². The van der Waals surface area contributed by atoms with Crippen molar-refractivity contribution in [3.8, 4) is 0 Å². The summed E-state index contributed by atoms with van der Waals surface area (Å²) in [4.78, 5) is 12.0. The number of hydrogen-bond acceptors (Lipinski definition) is 3. The van der Waals surface area contributed by atoms with Gasteiger partial charge in [0, 0.05) is 5.02 Å². The van der Waals surface area contributed by atoms with Crippen LogP contribution in [-0.4, -0.2) is 20.1 Å². The highest BCUT2D eigenvalue weighted by atomic mass is 35.5. The molecule has 122 valence electrons. The summed E-state index contributed by atoms with van der Waals surface area (Å²) >= 11 is 5.84. The molecule has 1 N–H and O–H groups in total. The number of sulfone groups is 1. The number of rotatable bonds is 6. The molecule has 1 amide bonds. The van der Waals surface area contributed by atoms with E-state index in [0.717, 1.165) is 5.56 Å². The topological polar surface area (TPSA) is 63.2 Å². The van der Waals surface area contributed by atoms with E-state index >= 15 is 0 Å². The van der Waals surface area contributed by atoms with Gasteiger partial charge in [0.15, 0.2) is 9.84 Å². The molecular weight excluding hydrogens is 334 g/mol. The zero-order valence-corrected chi connectivity index (χ0v) is 14.3. The van der Waals surface area contributed by atoms with Gasteiger partial charge in [-0.3, -0.25) is 4.79 Å².